The molecule has 1 aliphatic rings. The first-order valence-electron chi connectivity index (χ1n) is 9.67. The van der Waals surface area contributed by atoms with Crippen LogP contribution in [0.5, 0.6) is 0 Å². The topological polar surface area (TPSA) is 69.5 Å². The third kappa shape index (κ3) is 4.31. The van der Waals surface area contributed by atoms with Crippen molar-refractivity contribution in [3.05, 3.63) is 70.3 Å². The molecular weight excluding hydrogens is 368 g/mol. The molecule has 2 aromatic carbocycles. The second kappa shape index (κ2) is 9.37. The Morgan fingerprint density at radius 3 is 2.66 bits per heavy atom. The smallest absolute Gasteiger partial charge is 0.360 e. The number of nitrogens with zero attached hydrogens (tertiary/aromatic N) is 2. The molecule has 2 aromatic rings. The summed E-state index contributed by atoms with van der Waals surface area (Å²) < 4.78 is 4.85. The molecule has 0 radical (unpaired) electrons. The van der Waals surface area contributed by atoms with Gasteiger partial charge in [0.05, 0.1) is 12.8 Å². The fourth-order valence-electron chi connectivity index (χ4n) is 3.66. The highest BCUT2D eigenvalue weighted by atomic mass is 16.6. The summed E-state index contributed by atoms with van der Waals surface area (Å²) in [6.45, 7) is 4.33. The zero-order valence-corrected chi connectivity index (χ0v) is 17.3. The Morgan fingerprint density at radius 2 is 1.93 bits per heavy atom. The van der Waals surface area contributed by atoms with Gasteiger partial charge in [0, 0.05) is 22.6 Å². The van der Waals surface area contributed by atoms with E-state index in [1.807, 2.05) is 25.1 Å². The Morgan fingerprint density at radius 1 is 1.14 bits per heavy atom. The lowest BCUT2D eigenvalue weighted by Crippen LogP contribution is -2.20. The number of carbonyl (C=O) groups is 1. The highest BCUT2D eigenvalue weighted by Gasteiger charge is 2.27. The molecule has 0 N–H and O–H groups in total. The molecule has 0 spiro atoms. The maximum atomic E-state index is 12.2. The van der Waals surface area contributed by atoms with E-state index in [9.17, 15) is 4.79 Å². The standard InChI is InChI=1S/C23H26N2O4/c1-5-16-13-17-10-6-7-11-18(17)21(16)25-29-14-20-15(2)9-8-12-19(20)22(24-28-4)23(26)27-3/h6-12,16H,5,13-14H2,1-4H3/b24-22+,25-21+. The summed E-state index contributed by atoms with van der Waals surface area (Å²) in [4.78, 5) is 22.8. The van der Waals surface area contributed by atoms with E-state index < -0.39 is 5.97 Å². The number of methoxy groups -OCH3 is 1. The predicted molar refractivity (Wildman–Crippen MR) is 112 cm³/mol. The minimum absolute atomic E-state index is 0.0996. The van der Waals surface area contributed by atoms with Gasteiger partial charge in [-0.25, -0.2) is 4.79 Å². The summed E-state index contributed by atoms with van der Waals surface area (Å²) >= 11 is 0. The lowest BCUT2D eigenvalue weighted by Gasteiger charge is -2.13. The predicted octanol–water partition coefficient (Wildman–Crippen LogP) is 4.02. The molecule has 0 saturated heterocycles. The summed E-state index contributed by atoms with van der Waals surface area (Å²) in [5.74, 6) is -0.217. The van der Waals surface area contributed by atoms with Crippen molar-refractivity contribution in [3.63, 3.8) is 0 Å². The number of aryl methyl sites for hydroxylation is 1. The van der Waals surface area contributed by atoms with Crippen molar-refractivity contribution in [2.75, 3.05) is 14.2 Å². The molecule has 0 aliphatic heterocycles. The van der Waals surface area contributed by atoms with Crippen molar-refractivity contribution in [2.45, 2.75) is 33.3 Å². The quantitative estimate of drug-likeness (QED) is 0.404. The monoisotopic (exact) mass is 394 g/mol. The van der Waals surface area contributed by atoms with Gasteiger partial charge >= 0.3 is 5.97 Å². The van der Waals surface area contributed by atoms with Gasteiger partial charge in [0.15, 0.2) is 5.71 Å². The van der Waals surface area contributed by atoms with Crippen LogP contribution < -0.4 is 0 Å². The molecule has 0 amide bonds. The van der Waals surface area contributed by atoms with Crippen molar-refractivity contribution in [2.24, 2.45) is 16.2 Å². The van der Waals surface area contributed by atoms with Crippen LogP contribution in [0.3, 0.4) is 0 Å². The summed E-state index contributed by atoms with van der Waals surface area (Å²) in [5.41, 5.74) is 5.93. The van der Waals surface area contributed by atoms with Gasteiger partial charge in [-0.15, -0.1) is 0 Å². The maximum absolute atomic E-state index is 12.2. The van der Waals surface area contributed by atoms with Crippen LogP contribution in [0.25, 0.3) is 0 Å². The van der Waals surface area contributed by atoms with Gasteiger partial charge in [0.1, 0.15) is 13.7 Å². The van der Waals surface area contributed by atoms with E-state index in [0.717, 1.165) is 35.2 Å². The van der Waals surface area contributed by atoms with Gasteiger partial charge in [0.2, 0.25) is 0 Å². The molecule has 3 rings (SSSR count). The van der Waals surface area contributed by atoms with Crippen LogP contribution in [0, 0.1) is 12.8 Å². The van der Waals surface area contributed by atoms with Gasteiger partial charge in [-0.05, 0) is 30.9 Å². The van der Waals surface area contributed by atoms with Crippen LogP contribution in [0.4, 0.5) is 0 Å². The minimum Gasteiger partial charge on any atom is -0.464 e. The maximum Gasteiger partial charge on any atom is 0.360 e. The summed E-state index contributed by atoms with van der Waals surface area (Å²) in [5, 5.41) is 8.35. The first-order chi connectivity index (χ1) is 14.1. The van der Waals surface area contributed by atoms with Crippen LogP contribution in [0.1, 0.15) is 41.2 Å². The van der Waals surface area contributed by atoms with E-state index in [2.05, 4.69) is 35.4 Å². The number of oxime groups is 2. The van der Waals surface area contributed by atoms with E-state index in [4.69, 9.17) is 14.4 Å². The number of esters is 1. The number of ether oxygens (including phenoxy) is 1. The molecular formula is C23H26N2O4. The van der Waals surface area contributed by atoms with Crippen LogP contribution >= 0.6 is 0 Å². The molecule has 1 atom stereocenters. The highest BCUT2D eigenvalue weighted by Crippen LogP contribution is 2.29. The number of benzene rings is 2. The van der Waals surface area contributed by atoms with Gasteiger partial charge in [-0.2, -0.15) is 0 Å². The van der Waals surface area contributed by atoms with Crippen molar-refractivity contribution in [3.8, 4) is 0 Å². The fraction of sp³-hybridized carbons (Fsp3) is 0.348. The van der Waals surface area contributed by atoms with Crippen molar-refractivity contribution >= 4 is 17.4 Å². The second-order valence-electron chi connectivity index (χ2n) is 6.93. The molecule has 29 heavy (non-hydrogen) atoms. The summed E-state index contributed by atoms with van der Waals surface area (Å²) in [7, 11) is 2.71. The Kier molecular flexibility index (Phi) is 6.65. The highest BCUT2D eigenvalue weighted by molar-refractivity contribution is 6.43. The number of hydrogen-bond acceptors (Lipinski definition) is 6. The fourth-order valence-corrected chi connectivity index (χ4v) is 3.66. The van der Waals surface area contributed by atoms with Crippen molar-refractivity contribution in [1.29, 1.82) is 0 Å². The largest absolute Gasteiger partial charge is 0.464 e. The zero-order chi connectivity index (χ0) is 20.8. The second-order valence-corrected chi connectivity index (χ2v) is 6.93. The first kappa shape index (κ1) is 20.6. The Labute approximate surface area is 171 Å². The lowest BCUT2D eigenvalue weighted by molar-refractivity contribution is -0.132. The Bertz CT molecular complexity index is 950. The van der Waals surface area contributed by atoms with Gasteiger partial charge in [-0.3, -0.25) is 0 Å². The van der Waals surface area contributed by atoms with Crippen molar-refractivity contribution < 1.29 is 19.2 Å². The minimum atomic E-state index is -0.569. The van der Waals surface area contributed by atoms with Crippen molar-refractivity contribution in [1.82, 2.24) is 0 Å². The third-order valence-electron chi connectivity index (χ3n) is 5.24. The van der Waals surface area contributed by atoms with E-state index in [1.165, 1.54) is 19.8 Å². The number of carbonyl (C=O) groups excluding carboxylic acids is 1. The van der Waals surface area contributed by atoms with Gasteiger partial charge < -0.3 is 14.4 Å². The first-order valence-corrected chi connectivity index (χ1v) is 9.67. The molecule has 0 saturated carbocycles. The van der Waals surface area contributed by atoms with Gasteiger partial charge in [0.25, 0.3) is 0 Å². The van der Waals surface area contributed by atoms with Crippen LogP contribution in [-0.2, 0) is 32.2 Å². The average Bonchev–Trinajstić information content (AvgIpc) is 3.10. The lowest BCUT2D eigenvalue weighted by atomic mass is 9.99. The molecule has 6 heteroatoms. The van der Waals surface area contributed by atoms with Crippen LogP contribution in [0.15, 0.2) is 52.8 Å². The molecule has 152 valence electrons. The molecule has 0 bridgehead atoms. The molecule has 0 fully saturated rings. The Hall–Kier alpha value is -3.15. The van der Waals surface area contributed by atoms with Crippen LogP contribution in [-0.4, -0.2) is 31.6 Å². The molecule has 6 nitrogen and oxygen atoms in total. The SMILES string of the molecule is CCC1Cc2ccccc2/C1=N/OCc1c(C)cccc1/C(=N\OC)C(=O)OC. The molecule has 1 unspecified atom stereocenters. The zero-order valence-electron chi connectivity index (χ0n) is 17.3. The van der Waals surface area contributed by atoms with Crippen LogP contribution in [0.2, 0.25) is 0 Å². The van der Waals surface area contributed by atoms with Gasteiger partial charge in [-0.1, -0.05) is 59.7 Å². The normalized spacial score (nSPS) is 17.2. The summed E-state index contributed by atoms with van der Waals surface area (Å²) in [6.07, 6.45) is 1.98. The number of hydrogen-bond donors (Lipinski definition) is 0. The molecule has 0 aromatic heterocycles. The number of fused-ring (bicyclic) bond motifs is 1. The Balaban J connectivity index is 1.89. The van der Waals surface area contributed by atoms with E-state index in [1.54, 1.807) is 6.07 Å². The summed E-state index contributed by atoms with van der Waals surface area (Å²) in [6, 6.07) is 13.9. The molecule has 1 aliphatic carbocycles. The average molecular weight is 394 g/mol. The third-order valence-corrected chi connectivity index (χ3v) is 5.24. The van der Waals surface area contributed by atoms with E-state index in [-0.39, 0.29) is 12.3 Å². The number of rotatable bonds is 7. The molecule has 0 heterocycles. The van der Waals surface area contributed by atoms with E-state index >= 15 is 0 Å². The van der Waals surface area contributed by atoms with E-state index in [0.29, 0.717) is 11.5 Å².